The van der Waals surface area contributed by atoms with Crippen molar-refractivity contribution in [3.63, 3.8) is 0 Å². The number of amides is 1. The van der Waals surface area contributed by atoms with E-state index in [0.717, 1.165) is 24.3 Å². The lowest BCUT2D eigenvalue weighted by Gasteiger charge is -2.32. The minimum absolute atomic E-state index is 0.0739. The number of likely N-dealkylation sites (tertiary alicyclic amines) is 1. The number of piperidine rings is 1. The number of pyridine rings is 1. The first-order valence-electron chi connectivity index (χ1n) is 10.3. The Balaban J connectivity index is 1.28. The number of nitrogens with one attached hydrogen (secondary N) is 2. The molecule has 2 fully saturated rings. The Morgan fingerprint density at radius 3 is 2.59 bits per heavy atom. The van der Waals surface area contributed by atoms with Crippen molar-refractivity contribution in [3.8, 4) is 0 Å². The molecule has 2 aliphatic rings. The molecule has 2 heterocycles. The zero-order chi connectivity index (χ0) is 20.2. The quantitative estimate of drug-likeness (QED) is 0.689. The fraction of sp³-hybridized carbons (Fsp3) is 0.455. The highest BCUT2D eigenvalue weighted by Crippen LogP contribution is 2.31. The average Bonchev–Trinajstić information content (AvgIpc) is 3.52. The molecule has 1 saturated heterocycles. The molecule has 1 aliphatic carbocycles. The van der Waals surface area contributed by atoms with E-state index in [1.54, 1.807) is 6.07 Å². The van der Waals surface area contributed by atoms with E-state index in [1.807, 2.05) is 12.1 Å². The Morgan fingerprint density at radius 1 is 1.10 bits per heavy atom. The van der Waals surface area contributed by atoms with Gasteiger partial charge in [0.25, 0.3) is 5.91 Å². The molecule has 1 aliphatic heterocycles. The molecule has 5 nitrogen and oxygen atoms in total. The number of hydrogen-bond acceptors (Lipinski definition) is 4. The van der Waals surface area contributed by atoms with Crippen molar-refractivity contribution in [1.29, 1.82) is 0 Å². The third-order valence-corrected chi connectivity index (χ3v) is 5.97. The third kappa shape index (κ3) is 5.67. The predicted molar refractivity (Wildman–Crippen MR) is 114 cm³/mol. The van der Waals surface area contributed by atoms with Crippen LogP contribution >= 0.6 is 11.6 Å². The van der Waals surface area contributed by atoms with Gasteiger partial charge in [0.1, 0.15) is 17.5 Å². The standard InChI is InChI=1S/C22H26ClFN4O/c23-19-12-17(24)6-7-18(19)22(29)27-21-3-1-2-20(26-21)25-13-15-8-10-28(11-9-15)14-16-4-5-16/h1-3,6-7,12,15-16H,4-5,8-11,13-14H2,(H2,25,26,27,29). The van der Waals surface area contributed by atoms with Gasteiger partial charge in [-0.15, -0.1) is 0 Å². The second-order valence-corrected chi connectivity index (χ2v) is 8.46. The van der Waals surface area contributed by atoms with E-state index in [4.69, 9.17) is 11.6 Å². The Kier molecular flexibility index (Phi) is 6.31. The highest BCUT2D eigenvalue weighted by molar-refractivity contribution is 6.34. The lowest BCUT2D eigenvalue weighted by atomic mass is 9.96. The van der Waals surface area contributed by atoms with Crippen LogP contribution in [0.25, 0.3) is 0 Å². The Morgan fingerprint density at radius 2 is 1.86 bits per heavy atom. The molecule has 1 aromatic heterocycles. The second kappa shape index (κ2) is 9.09. The number of halogens is 2. The summed E-state index contributed by atoms with van der Waals surface area (Å²) in [7, 11) is 0. The number of hydrogen-bond donors (Lipinski definition) is 2. The fourth-order valence-electron chi connectivity index (χ4n) is 3.75. The summed E-state index contributed by atoms with van der Waals surface area (Å²) in [6, 6.07) is 9.15. The van der Waals surface area contributed by atoms with Gasteiger partial charge >= 0.3 is 0 Å². The average molecular weight is 417 g/mol. The maximum Gasteiger partial charge on any atom is 0.258 e. The van der Waals surface area contributed by atoms with Gasteiger partial charge in [-0.3, -0.25) is 4.79 Å². The number of rotatable bonds is 7. The molecule has 1 aromatic carbocycles. The van der Waals surface area contributed by atoms with Crippen LogP contribution in [-0.4, -0.2) is 42.0 Å². The van der Waals surface area contributed by atoms with Gasteiger partial charge in [0.05, 0.1) is 10.6 Å². The van der Waals surface area contributed by atoms with Crippen LogP contribution in [-0.2, 0) is 0 Å². The maximum atomic E-state index is 13.2. The van der Waals surface area contributed by atoms with Gasteiger partial charge < -0.3 is 15.5 Å². The molecule has 0 atom stereocenters. The van der Waals surface area contributed by atoms with Crippen LogP contribution in [0, 0.1) is 17.7 Å². The van der Waals surface area contributed by atoms with E-state index in [1.165, 1.54) is 57.5 Å². The molecule has 29 heavy (non-hydrogen) atoms. The number of carbonyl (C=O) groups is 1. The molecule has 2 aromatic rings. The number of anilines is 2. The van der Waals surface area contributed by atoms with Crippen LogP contribution in [0.5, 0.6) is 0 Å². The SMILES string of the molecule is O=C(Nc1cccc(NCC2CCN(CC3CC3)CC2)n1)c1ccc(F)cc1Cl. The molecule has 1 saturated carbocycles. The highest BCUT2D eigenvalue weighted by Gasteiger charge is 2.27. The summed E-state index contributed by atoms with van der Waals surface area (Å²) in [5.74, 6) is 1.87. The minimum Gasteiger partial charge on any atom is -0.370 e. The normalized spacial score (nSPS) is 17.9. The zero-order valence-corrected chi connectivity index (χ0v) is 17.1. The summed E-state index contributed by atoms with van der Waals surface area (Å²) in [5.41, 5.74) is 0.214. The first-order chi connectivity index (χ1) is 14.1. The number of aromatic nitrogens is 1. The zero-order valence-electron chi connectivity index (χ0n) is 16.3. The van der Waals surface area contributed by atoms with E-state index in [2.05, 4.69) is 20.5 Å². The van der Waals surface area contributed by atoms with Crippen molar-refractivity contribution in [1.82, 2.24) is 9.88 Å². The number of benzene rings is 1. The molecular formula is C22H26ClFN4O. The predicted octanol–water partition coefficient (Wildman–Crippen LogP) is 4.66. The lowest BCUT2D eigenvalue weighted by molar-refractivity contribution is 0.102. The van der Waals surface area contributed by atoms with Gasteiger partial charge in [0.15, 0.2) is 0 Å². The summed E-state index contributed by atoms with van der Waals surface area (Å²) in [5, 5.41) is 6.20. The van der Waals surface area contributed by atoms with Crippen LogP contribution in [0.4, 0.5) is 16.0 Å². The van der Waals surface area contributed by atoms with Crippen LogP contribution in [0.15, 0.2) is 36.4 Å². The van der Waals surface area contributed by atoms with Gasteiger partial charge in [-0.05, 0) is 80.9 Å². The third-order valence-electron chi connectivity index (χ3n) is 5.66. The van der Waals surface area contributed by atoms with Gasteiger partial charge in [-0.2, -0.15) is 0 Å². The van der Waals surface area contributed by atoms with Crippen molar-refractivity contribution < 1.29 is 9.18 Å². The maximum absolute atomic E-state index is 13.2. The highest BCUT2D eigenvalue weighted by atomic mass is 35.5. The molecule has 0 bridgehead atoms. The lowest BCUT2D eigenvalue weighted by Crippen LogP contribution is -2.37. The smallest absolute Gasteiger partial charge is 0.258 e. The Bertz CT molecular complexity index is 866. The van der Waals surface area contributed by atoms with Crippen molar-refractivity contribution >= 4 is 29.1 Å². The van der Waals surface area contributed by atoms with E-state index >= 15 is 0 Å². The summed E-state index contributed by atoms with van der Waals surface area (Å²) in [4.78, 5) is 19.5. The van der Waals surface area contributed by atoms with Crippen LogP contribution in [0.3, 0.4) is 0 Å². The first kappa shape index (κ1) is 20.1. The fourth-order valence-corrected chi connectivity index (χ4v) is 4.00. The molecule has 0 unspecified atom stereocenters. The monoisotopic (exact) mass is 416 g/mol. The molecule has 0 spiro atoms. The van der Waals surface area contributed by atoms with Gasteiger partial charge in [-0.1, -0.05) is 17.7 Å². The summed E-state index contributed by atoms with van der Waals surface area (Å²) < 4.78 is 13.2. The van der Waals surface area contributed by atoms with E-state index in [-0.39, 0.29) is 10.6 Å². The molecule has 1 amide bonds. The van der Waals surface area contributed by atoms with E-state index in [0.29, 0.717) is 11.7 Å². The minimum atomic E-state index is -0.478. The molecular weight excluding hydrogens is 391 g/mol. The molecule has 7 heteroatoms. The molecule has 4 rings (SSSR count). The van der Waals surface area contributed by atoms with Crippen LogP contribution in [0.2, 0.25) is 5.02 Å². The van der Waals surface area contributed by atoms with Crippen molar-refractivity contribution in [3.05, 3.63) is 52.8 Å². The Labute approximate surface area is 175 Å². The molecule has 2 N–H and O–H groups in total. The van der Waals surface area contributed by atoms with Crippen molar-refractivity contribution in [2.24, 2.45) is 11.8 Å². The van der Waals surface area contributed by atoms with Crippen molar-refractivity contribution in [2.75, 3.05) is 36.8 Å². The van der Waals surface area contributed by atoms with Crippen LogP contribution in [0.1, 0.15) is 36.0 Å². The largest absolute Gasteiger partial charge is 0.370 e. The van der Waals surface area contributed by atoms with Gasteiger partial charge in [0.2, 0.25) is 0 Å². The van der Waals surface area contributed by atoms with Crippen molar-refractivity contribution in [2.45, 2.75) is 25.7 Å². The molecule has 0 radical (unpaired) electrons. The first-order valence-corrected chi connectivity index (χ1v) is 10.6. The summed E-state index contributed by atoms with van der Waals surface area (Å²) in [6.45, 7) is 4.53. The topological polar surface area (TPSA) is 57.3 Å². The summed E-state index contributed by atoms with van der Waals surface area (Å²) >= 11 is 5.96. The Hall–Kier alpha value is -2.18. The van der Waals surface area contributed by atoms with E-state index < -0.39 is 11.7 Å². The van der Waals surface area contributed by atoms with Gasteiger partial charge in [-0.25, -0.2) is 9.37 Å². The van der Waals surface area contributed by atoms with E-state index in [9.17, 15) is 9.18 Å². The molecule has 154 valence electrons. The number of carbonyl (C=O) groups excluding carboxylic acids is 1. The number of nitrogens with zero attached hydrogens (tertiary/aromatic N) is 2. The summed E-state index contributed by atoms with van der Waals surface area (Å²) in [6.07, 6.45) is 5.24. The van der Waals surface area contributed by atoms with Crippen LogP contribution < -0.4 is 10.6 Å². The van der Waals surface area contributed by atoms with Gasteiger partial charge in [0, 0.05) is 13.1 Å². The second-order valence-electron chi connectivity index (χ2n) is 8.05.